The molecule has 1 aromatic carbocycles. The zero-order chi connectivity index (χ0) is 14.1. The molecule has 1 aromatic rings. The van der Waals surface area contributed by atoms with Gasteiger partial charge in [0, 0.05) is 5.56 Å². The van der Waals surface area contributed by atoms with Crippen LogP contribution in [-0.4, -0.2) is 38.8 Å². The summed E-state index contributed by atoms with van der Waals surface area (Å²) < 4.78 is 10.4. The van der Waals surface area contributed by atoms with Crippen LogP contribution < -0.4 is 5.73 Å². The van der Waals surface area contributed by atoms with Gasteiger partial charge >= 0.3 is 19.8 Å². The quantitative estimate of drug-likeness (QED) is 0.479. The van der Waals surface area contributed by atoms with Gasteiger partial charge in [-0.25, -0.2) is 0 Å². The highest BCUT2D eigenvalue weighted by Gasteiger charge is 2.27. The van der Waals surface area contributed by atoms with E-state index in [2.05, 4.69) is 0 Å². The molecule has 18 heavy (non-hydrogen) atoms. The van der Waals surface area contributed by atoms with Crippen molar-refractivity contribution in [2.24, 2.45) is 5.73 Å². The normalized spacial score (nSPS) is 13.9. The molecule has 2 unspecified atom stereocenters. The Bertz CT molecular complexity index is 385. The number of hydrogen-bond donors (Lipinski definition) is 5. The maximum Gasteiger partial charge on any atom is 0.542 e. The maximum atomic E-state index is 10.4. The minimum absolute atomic E-state index is 0.469. The van der Waals surface area contributed by atoms with E-state index in [0.717, 1.165) is 0 Å². The van der Waals surface area contributed by atoms with Crippen LogP contribution in [0, 0.1) is 0 Å². The van der Waals surface area contributed by atoms with Crippen LogP contribution in [0.1, 0.15) is 11.4 Å². The second-order valence-electron chi connectivity index (χ2n) is 3.21. The highest BCUT2D eigenvalue weighted by atomic mass is 31.1. The molecule has 6 N–H and O–H groups in total. The average molecular weight is 276 g/mol. The first-order valence-electron chi connectivity index (χ1n) is 4.87. The van der Waals surface area contributed by atoms with Crippen molar-refractivity contribution >= 4 is 14.0 Å². The third-order valence-electron chi connectivity index (χ3n) is 1.82. The van der Waals surface area contributed by atoms with E-state index in [1.165, 1.54) is 0 Å². The molecule has 100 valence electrons. The highest BCUT2D eigenvalue weighted by molar-refractivity contribution is 7.38. The predicted octanol–water partition coefficient (Wildman–Crippen LogP) is -0.197. The SMILES string of the molecule is N[C@@H](CO)C(=O)O.O=[P+](O)C(O)c1ccccc1. The molecule has 7 nitrogen and oxygen atoms in total. The van der Waals surface area contributed by atoms with Gasteiger partial charge in [0.15, 0.2) is 0 Å². The minimum Gasteiger partial charge on any atom is -0.480 e. The number of hydrogen-bond acceptors (Lipinski definition) is 5. The summed E-state index contributed by atoms with van der Waals surface area (Å²) in [6, 6.07) is 7.28. The summed E-state index contributed by atoms with van der Waals surface area (Å²) in [5.41, 5.74) is 5.23. The van der Waals surface area contributed by atoms with Crippen molar-refractivity contribution in [3.05, 3.63) is 35.9 Å². The summed E-state index contributed by atoms with van der Waals surface area (Å²) in [6.45, 7) is -0.505. The average Bonchev–Trinajstić information content (AvgIpc) is 2.38. The molecule has 3 atom stereocenters. The Morgan fingerprint density at radius 2 is 1.83 bits per heavy atom. The van der Waals surface area contributed by atoms with Crippen molar-refractivity contribution in [1.82, 2.24) is 0 Å². The molecule has 0 aliphatic heterocycles. The van der Waals surface area contributed by atoms with Gasteiger partial charge < -0.3 is 21.1 Å². The standard InChI is InChI=1S/C7H7O3P.C3H7NO3/c8-7(11(9)10)6-4-2-1-3-5-6;4-2(1-5)3(6)7/h1-5,7-8H;2,5H,1,4H2,(H,6,7)/p+1/t;2-/m.0/s1. The summed E-state index contributed by atoms with van der Waals surface area (Å²) in [5, 5.41) is 25.0. The van der Waals surface area contributed by atoms with Crippen LogP contribution >= 0.6 is 8.03 Å². The molecule has 0 aliphatic rings. The van der Waals surface area contributed by atoms with Gasteiger partial charge in [-0.2, -0.15) is 4.89 Å². The van der Waals surface area contributed by atoms with Gasteiger partial charge in [-0.05, 0) is 4.57 Å². The maximum absolute atomic E-state index is 10.4. The zero-order valence-electron chi connectivity index (χ0n) is 9.38. The Labute approximate surface area is 104 Å². The molecule has 0 fully saturated rings. The summed E-state index contributed by atoms with van der Waals surface area (Å²) in [4.78, 5) is 18.2. The number of benzene rings is 1. The van der Waals surface area contributed by atoms with Crippen molar-refractivity contribution in [3.8, 4) is 0 Å². The molecule has 0 heterocycles. The molecule has 0 spiro atoms. The van der Waals surface area contributed by atoms with Gasteiger partial charge in [-0.3, -0.25) is 4.79 Å². The lowest BCUT2D eigenvalue weighted by atomic mass is 10.2. The van der Waals surface area contributed by atoms with E-state index >= 15 is 0 Å². The summed E-state index contributed by atoms with van der Waals surface area (Å²) in [6.07, 6.45) is 0. The summed E-state index contributed by atoms with van der Waals surface area (Å²) >= 11 is 0. The molecule has 0 aliphatic carbocycles. The molecule has 0 aromatic heterocycles. The van der Waals surface area contributed by atoms with Gasteiger partial charge in [0.25, 0.3) is 0 Å². The van der Waals surface area contributed by atoms with Crippen LogP contribution in [-0.2, 0) is 9.36 Å². The number of carboxylic acids is 1. The lowest BCUT2D eigenvalue weighted by molar-refractivity contribution is -0.139. The Balaban J connectivity index is 0.000000360. The Kier molecular flexibility index (Phi) is 8.02. The van der Waals surface area contributed by atoms with E-state index in [-0.39, 0.29) is 0 Å². The second-order valence-corrected chi connectivity index (χ2v) is 4.31. The Morgan fingerprint density at radius 3 is 2.11 bits per heavy atom. The predicted molar refractivity (Wildman–Crippen MR) is 63.9 cm³/mol. The van der Waals surface area contributed by atoms with Gasteiger partial charge in [-0.15, -0.1) is 0 Å². The second kappa shape index (κ2) is 8.68. The van der Waals surface area contributed by atoms with E-state index in [0.29, 0.717) is 5.56 Å². The lowest BCUT2D eigenvalue weighted by Crippen LogP contribution is -2.33. The number of rotatable bonds is 4. The molecule has 0 saturated carbocycles. The Hall–Kier alpha value is -1.37. The van der Waals surface area contributed by atoms with E-state index in [9.17, 15) is 9.36 Å². The van der Waals surface area contributed by atoms with Crippen LogP contribution in [0.2, 0.25) is 0 Å². The van der Waals surface area contributed by atoms with Gasteiger partial charge in [0.1, 0.15) is 6.04 Å². The van der Waals surface area contributed by atoms with Crippen molar-refractivity contribution < 1.29 is 29.6 Å². The molecular formula is C10H15NO6P+. The van der Waals surface area contributed by atoms with Gasteiger partial charge in [0.2, 0.25) is 0 Å². The van der Waals surface area contributed by atoms with E-state index in [4.69, 9.17) is 25.9 Å². The number of aliphatic carboxylic acids is 1. The molecular weight excluding hydrogens is 261 g/mol. The molecule has 0 amide bonds. The molecule has 1 rings (SSSR count). The van der Waals surface area contributed by atoms with Crippen molar-refractivity contribution in [2.45, 2.75) is 11.9 Å². The molecule has 0 bridgehead atoms. The lowest BCUT2D eigenvalue weighted by Gasteiger charge is -1.96. The monoisotopic (exact) mass is 276 g/mol. The highest BCUT2D eigenvalue weighted by Crippen LogP contribution is 2.34. The minimum atomic E-state index is -2.53. The fraction of sp³-hybridized carbons (Fsp3) is 0.300. The third kappa shape index (κ3) is 6.39. The van der Waals surface area contributed by atoms with Crippen LogP contribution in [0.3, 0.4) is 0 Å². The van der Waals surface area contributed by atoms with E-state index < -0.39 is 32.5 Å². The molecule has 0 saturated heterocycles. The first-order chi connectivity index (χ1) is 8.40. The third-order valence-corrected chi connectivity index (χ3v) is 2.54. The van der Waals surface area contributed by atoms with Crippen LogP contribution in [0.5, 0.6) is 0 Å². The number of carbonyl (C=O) groups is 1. The van der Waals surface area contributed by atoms with Gasteiger partial charge in [0.05, 0.1) is 6.61 Å². The fourth-order valence-electron chi connectivity index (χ4n) is 0.831. The fourth-order valence-corrected chi connectivity index (χ4v) is 1.26. The van der Waals surface area contributed by atoms with Gasteiger partial charge in [-0.1, -0.05) is 30.3 Å². The van der Waals surface area contributed by atoms with Crippen molar-refractivity contribution in [1.29, 1.82) is 0 Å². The number of aliphatic hydroxyl groups is 2. The topological polar surface area (TPSA) is 141 Å². The summed E-state index contributed by atoms with van der Waals surface area (Å²) in [5.74, 6) is -2.44. The largest absolute Gasteiger partial charge is 0.542 e. The number of aliphatic hydroxyl groups excluding tert-OH is 2. The smallest absolute Gasteiger partial charge is 0.480 e. The first kappa shape index (κ1) is 16.6. The van der Waals surface area contributed by atoms with Crippen LogP contribution in [0.25, 0.3) is 0 Å². The first-order valence-corrected chi connectivity index (χ1v) is 6.15. The molecule has 0 radical (unpaired) electrons. The summed E-state index contributed by atoms with van der Waals surface area (Å²) in [7, 11) is -2.53. The van der Waals surface area contributed by atoms with Crippen molar-refractivity contribution in [2.75, 3.05) is 6.61 Å². The molecule has 8 heteroatoms. The van der Waals surface area contributed by atoms with Crippen LogP contribution in [0.4, 0.5) is 0 Å². The van der Waals surface area contributed by atoms with E-state index in [1.54, 1.807) is 30.3 Å². The Morgan fingerprint density at radius 1 is 1.33 bits per heavy atom. The van der Waals surface area contributed by atoms with Crippen LogP contribution in [0.15, 0.2) is 30.3 Å². The van der Waals surface area contributed by atoms with E-state index in [1.807, 2.05) is 0 Å². The number of nitrogens with two attached hydrogens (primary N) is 1. The van der Waals surface area contributed by atoms with Crippen molar-refractivity contribution in [3.63, 3.8) is 0 Å². The zero-order valence-corrected chi connectivity index (χ0v) is 10.3. The number of carboxylic acid groups (broad SMARTS) is 1.